The van der Waals surface area contributed by atoms with Gasteiger partial charge in [0.25, 0.3) is 0 Å². The van der Waals surface area contributed by atoms with Crippen LogP contribution in [0.3, 0.4) is 0 Å². The summed E-state index contributed by atoms with van der Waals surface area (Å²) in [5, 5.41) is 4.17. The van der Waals surface area contributed by atoms with Crippen molar-refractivity contribution in [3.05, 3.63) is 41.4 Å². The summed E-state index contributed by atoms with van der Waals surface area (Å²) in [7, 11) is 0. The van der Waals surface area contributed by atoms with Crippen molar-refractivity contribution in [3.8, 4) is 0 Å². The van der Waals surface area contributed by atoms with Gasteiger partial charge >= 0.3 is 0 Å². The summed E-state index contributed by atoms with van der Waals surface area (Å²) in [5.74, 6) is 0. The van der Waals surface area contributed by atoms with E-state index in [0.717, 1.165) is 56.5 Å². The zero-order valence-corrected chi connectivity index (χ0v) is 13.0. The Labute approximate surface area is 127 Å². The number of nitrogens with one attached hydrogen (secondary N) is 1. The average Bonchev–Trinajstić information content (AvgIpc) is 2.47. The van der Waals surface area contributed by atoms with E-state index in [-0.39, 0.29) is 0 Å². The Morgan fingerprint density at radius 3 is 2.60 bits per heavy atom. The molecule has 110 valence electrons. The lowest BCUT2D eigenvalue weighted by molar-refractivity contribution is 0.277. The average molecular weight is 294 g/mol. The molecule has 4 heteroatoms. The number of rotatable bonds is 6. The molecule has 0 spiro atoms. The molecule has 1 aliphatic heterocycles. The second-order valence-electron chi connectivity index (χ2n) is 5.24. The molecule has 20 heavy (non-hydrogen) atoms. The topological polar surface area (TPSA) is 18.5 Å². The highest BCUT2D eigenvalue weighted by Gasteiger charge is 2.18. The van der Waals surface area contributed by atoms with E-state index < -0.39 is 0 Å². The molecule has 0 saturated carbocycles. The van der Waals surface area contributed by atoms with Crippen LogP contribution in [0.1, 0.15) is 6.92 Å². The van der Waals surface area contributed by atoms with Crippen molar-refractivity contribution < 1.29 is 0 Å². The molecule has 1 N–H and O–H groups in total. The summed E-state index contributed by atoms with van der Waals surface area (Å²) in [6.07, 6.45) is 0. The van der Waals surface area contributed by atoms with Crippen molar-refractivity contribution in [2.24, 2.45) is 0 Å². The third kappa shape index (κ3) is 4.23. The van der Waals surface area contributed by atoms with Crippen molar-refractivity contribution >= 4 is 17.3 Å². The minimum atomic E-state index is 0.845. The zero-order valence-electron chi connectivity index (χ0n) is 12.2. The molecule has 1 aromatic carbocycles. The summed E-state index contributed by atoms with van der Waals surface area (Å²) in [4.78, 5) is 4.83. The second-order valence-corrected chi connectivity index (χ2v) is 5.65. The predicted molar refractivity (Wildman–Crippen MR) is 87.8 cm³/mol. The van der Waals surface area contributed by atoms with Crippen LogP contribution >= 0.6 is 11.6 Å². The fraction of sp³-hybridized carbons (Fsp3) is 0.500. The number of para-hydroxylation sites is 1. The molecule has 3 nitrogen and oxygen atoms in total. The van der Waals surface area contributed by atoms with Crippen LogP contribution in [0.2, 0.25) is 5.02 Å². The lowest BCUT2D eigenvalue weighted by atomic mass is 10.2. The highest BCUT2D eigenvalue weighted by molar-refractivity contribution is 6.33. The van der Waals surface area contributed by atoms with Crippen molar-refractivity contribution in [1.82, 2.24) is 10.2 Å². The fourth-order valence-electron chi connectivity index (χ4n) is 2.53. The number of hydrogen-bond acceptors (Lipinski definition) is 3. The van der Waals surface area contributed by atoms with Gasteiger partial charge in [0.1, 0.15) is 0 Å². The normalized spacial score (nSPS) is 16.4. The van der Waals surface area contributed by atoms with Crippen LogP contribution in [0.15, 0.2) is 36.4 Å². The van der Waals surface area contributed by atoms with Gasteiger partial charge in [0.2, 0.25) is 0 Å². The number of piperazine rings is 1. The van der Waals surface area contributed by atoms with Crippen molar-refractivity contribution in [2.75, 3.05) is 50.7 Å². The van der Waals surface area contributed by atoms with Crippen LogP contribution in [0.25, 0.3) is 0 Å². The van der Waals surface area contributed by atoms with Crippen molar-refractivity contribution in [1.29, 1.82) is 0 Å². The minimum absolute atomic E-state index is 0.845. The van der Waals surface area contributed by atoms with E-state index in [1.807, 2.05) is 18.2 Å². The minimum Gasteiger partial charge on any atom is -0.368 e. The first-order chi connectivity index (χ1) is 9.70. The molecule has 1 fully saturated rings. The van der Waals surface area contributed by atoms with Gasteiger partial charge in [-0.2, -0.15) is 0 Å². The summed E-state index contributed by atoms with van der Waals surface area (Å²) in [5.41, 5.74) is 2.42. The largest absolute Gasteiger partial charge is 0.368 e. The Kier molecular flexibility index (Phi) is 5.89. The fourth-order valence-corrected chi connectivity index (χ4v) is 2.78. The van der Waals surface area contributed by atoms with E-state index in [9.17, 15) is 0 Å². The molecule has 1 aliphatic rings. The Morgan fingerprint density at radius 1 is 1.25 bits per heavy atom. The standard InChI is InChI=1S/C16H24ClN3/c1-3-18-12-14(2)13-19-8-10-20(11-9-19)16-7-5-4-6-15(16)17/h4-7,18H,2-3,8-13H2,1H3. The highest BCUT2D eigenvalue weighted by Crippen LogP contribution is 2.25. The first kappa shape index (κ1) is 15.4. The Hall–Kier alpha value is -1.03. The zero-order chi connectivity index (χ0) is 14.4. The van der Waals surface area contributed by atoms with Gasteiger partial charge in [-0.1, -0.05) is 37.2 Å². The van der Waals surface area contributed by atoms with Crippen LogP contribution in [0.4, 0.5) is 5.69 Å². The molecule has 0 radical (unpaired) electrons. The van der Waals surface area contributed by atoms with Gasteiger partial charge < -0.3 is 10.2 Å². The van der Waals surface area contributed by atoms with Gasteiger partial charge in [0.15, 0.2) is 0 Å². The molecule has 0 aromatic heterocycles. The van der Waals surface area contributed by atoms with Gasteiger partial charge in [0.05, 0.1) is 10.7 Å². The monoisotopic (exact) mass is 293 g/mol. The first-order valence-corrected chi connectivity index (χ1v) is 7.67. The van der Waals surface area contributed by atoms with Gasteiger partial charge in [0, 0.05) is 39.3 Å². The van der Waals surface area contributed by atoms with Crippen LogP contribution < -0.4 is 10.2 Å². The van der Waals surface area contributed by atoms with E-state index >= 15 is 0 Å². The Morgan fingerprint density at radius 2 is 1.95 bits per heavy atom. The summed E-state index contributed by atoms with van der Waals surface area (Å²) >= 11 is 6.26. The van der Waals surface area contributed by atoms with E-state index in [0.29, 0.717) is 0 Å². The first-order valence-electron chi connectivity index (χ1n) is 7.30. The number of hydrogen-bond donors (Lipinski definition) is 1. The van der Waals surface area contributed by atoms with Crippen LogP contribution in [-0.2, 0) is 0 Å². The SMILES string of the molecule is C=C(CNCC)CN1CCN(c2ccccc2Cl)CC1. The molecule has 0 amide bonds. The van der Waals surface area contributed by atoms with E-state index in [1.54, 1.807) is 0 Å². The quantitative estimate of drug-likeness (QED) is 0.814. The molecule has 0 atom stereocenters. The molecule has 0 bridgehead atoms. The van der Waals surface area contributed by atoms with Crippen molar-refractivity contribution in [2.45, 2.75) is 6.92 Å². The van der Waals surface area contributed by atoms with Gasteiger partial charge in [-0.25, -0.2) is 0 Å². The maximum Gasteiger partial charge on any atom is 0.0639 e. The second kappa shape index (κ2) is 7.67. The summed E-state index contributed by atoms with van der Waals surface area (Å²) < 4.78 is 0. The lowest BCUT2D eigenvalue weighted by Gasteiger charge is -2.36. The van der Waals surface area contributed by atoms with E-state index in [2.05, 4.69) is 34.7 Å². The Balaban J connectivity index is 1.81. The maximum atomic E-state index is 6.26. The van der Waals surface area contributed by atoms with Gasteiger partial charge in [-0.05, 0) is 24.3 Å². The molecule has 1 saturated heterocycles. The molecular weight excluding hydrogens is 270 g/mol. The number of benzene rings is 1. The molecule has 0 aliphatic carbocycles. The lowest BCUT2D eigenvalue weighted by Crippen LogP contribution is -2.47. The number of halogens is 1. The van der Waals surface area contributed by atoms with E-state index in [1.165, 1.54) is 5.57 Å². The third-order valence-electron chi connectivity index (χ3n) is 3.64. The molecular formula is C16H24ClN3. The van der Waals surface area contributed by atoms with Crippen molar-refractivity contribution in [3.63, 3.8) is 0 Å². The summed E-state index contributed by atoms with van der Waals surface area (Å²) in [6, 6.07) is 8.09. The molecule has 2 rings (SSSR count). The van der Waals surface area contributed by atoms with E-state index in [4.69, 9.17) is 11.6 Å². The molecule has 1 aromatic rings. The third-order valence-corrected chi connectivity index (χ3v) is 3.96. The van der Waals surface area contributed by atoms with Gasteiger partial charge in [-0.3, -0.25) is 4.90 Å². The highest BCUT2D eigenvalue weighted by atomic mass is 35.5. The van der Waals surface area contributed by atoms with Crippen LogP contribution in [-0.4, -0.2) is 50.7 Å². The number of nitrogens with zero attached hydrogens (tertiary/aromatic N) is 2. The van der Waals surface area contributed by atoms with Crippen LogP contribution in [0, 0.1) is 0 Å². The smallest absolute Gasteiger partial charge is 0.0639 e. The molecule has 1 heterocycles. The number of anilines is 1. The molecule has 0 unspecified atom stereocenters. The number of likely N-dealkylation sites (N-methyl/N-ethyl adjacent to an activating group) is 1. The summed E-state index contributed by atoms with van der Waals surface area (Å²) in [6.45, 7) is 13.3. The van der Waals surface area contributed by atoms with Crippen LogP contribution in [0.5, 0.6) is 0 Å². The maximum absolute atomic E-state index is 6.26. The Bertz CT molecular complexity index is 439. The predicted octanol–water partition coefficient (Wildman–Crippen LogP) is 2.63. The van der Waals surface area contributed by atoms with Gasteiger partial charge in [-0.15, -0.1) is 0 Å².